The predicted molar refractivity (Wildman–Crippen MR) is 111 cm³/mol. The lowest BCUT2D eigenvalue weighted by Gasteiger charge is -2.22. The molecule has 0 radical (unpaired) electrons. The first-order chi connectivity index (χ1) is 10.8. The number of aliphatic imine (C=N–C) groups is 1. The van der Waals surface area contributed by atoms with Crippen LogP contribution in [0, 0.1) is 11.8 Å². The Balaban J connectivity index is 0.00000529. The number of hydrogen-bond donors (Lipinski definition) is 1. The fraction of sp³-hybridized carbons (Fsp3) is 0.938. The highest BCUT2D eigenvalue weighted by Crippen LogP contribution is 2.23. The van der Waals surface area contributed by atoms with E-state index in [4.69, 9.17) is 4.74 Å². The van der Waals surface area contributed by atoms with E-state index in [0.717, 1.165) is 37.4 Å². The number of nitrogens with one attached hydrogen (secondary N) is 1. The van der Waals surface area contributed by atoms with Crippen molar-refractivity contribution in [3.05, 3.63) is 0 Å². The lowest BCUT2D eigenvalue weighted by Crippen LogP contribution is -2.40. The summed E-state index contributed by atoms with van der Waals surface area (Å²) in [6, 6.07) is 0. The van der Waals surface area contributed by atoms with Crippen molar-refractivity contribution in [3.8, 4) is 0 Å². The zero-order chi connectivity index (χ0) is 17.3. The van der Waals surface area contributed by atoms with Crippen molar-refractivity contribution in [3.63, 3.8) is 0 Å². The van der Waals surface area contributed by atoms with Crippen LogP contribution < -0.4 is 5.32 Å². The molecule has 1 fully saturated rings. The first-order valence-corrected chi connectivity index (χ1v) is 10.7. The first kappa shape index (κ1) is 23.9. The Kier molecular flexibility index (Phi) is 12.2. The number of nitrogens with zero attached hydrogens (tertiary/aromatic N) is 2. The second-order valence-corrected chi connectivity index (χ2v) is 8.97. The zero-order valence-corrected chi connectivity index (χ0v) is 18.6. The largest absolute Gasteiger partial charge is 0.378 e. The Hall–Kier alpha value is -0.0900. The topological polar surface area (TPSA) is 71.0 Å². The Morgan fingerprint density at radius 1 is 1.38 bits per heavy atom. The van der Waals surface area contributed by atoms with Crippen LogP contribution in [0.1, 0.15) is 33.6 Å². The van der Waals surface area contributed by atoms with Gasteiger partial charge >= 0.3 is 0 Å². The highest BCUT2D eigenvalue weighted by Gasteiger charge is 2.25. The van der Waals surface area contributed by atoms with Gasteiger partial charge in [0.15, 0.2) is 5.96 Å². The van der Waals surface area contributed by atoms with E-state index in [-0.39, 0.29) is 36.3 Å². The molecular weight excluding hydrogens is 441 g/mol. The molecule has 0 aromatic carbocycles. The summed E-state index contributed by atoms with van der Waals surface area (Å²) in [7, 11) is -2.95. The van der Waals surface area contributed by atoms with Crippen molar-refractivity contribution in [2.75, 3.05) is 51.4 Å². The molecule has 6 nitrogen and oxygen atoms in total. The number of sulfone groups is 1. The minimum atomic E-state index is -2.95. The van der Waals surface area contributed by atoms with Crippen molar-refractivity contribution in [1.29, 1.82) is 0 Å². The fourth-order valence-corrected chi connectivity index (χ4v) is 3.26. The maximum atomic E-state index is 11.0. The van der Waals surface area contributed by atoms with Crippen LogP contribution in [0.3, 0.4) is 0 Å². The molecule has 1 unspecified atom stereocenters. The van der Waals surface area contributed by atoms with Crippen LogP contribution >= 0.6 is 24.0 Å². The summed E-state index contributed by atoms with van der Waals surface area (Å²) < 4.78 is 27.4. The maximum Gasteiger partial charge on any atom is 0.194 e. The predicted octanol–water partition coefficient (Wildman–Crippen LogP) is 2.00. The minimum absolute atomic E-state index is 0. The van der Waals surface area contributed by atoms with Crippen molar-refractivity contribution < 1.29 is 13.2 Å². The molecule has 1 N–H and O–H groups in total. The van der Waals surface area contributed by atoms with Crippen LogP contribution in [0.15, 0.2) is 4.99 Å². The highest BCUT2D eigenvalue weighted by atomic mass is 127. The molecule has 0 aliphatic carbocycles. The van der Waals surface area contributed by atoms with E-state index in [1.807, 2.05) is 0 Å². The second-order valence-electron chi connectivity index (χ2n) is 6.71. The number of guanidine groups is 1. The van der Waals surface area contributed by atoms with Gasteiger partial charge in [0.1, 0.15) is 9.84 Å². The number of halogens is 1. The third-order valence-electron chi connectivity index (χ3n) is 3.82. The van der Waals surface area contributed by atoms with Gasteiger partial charge in [0.2, 0.25) is 0 Å². The summed E-state index contributed by atoms with van der Waals surface area (Å²) in [5, 5.41) is 3.34. The van der Waals surface area contributed by atoms with Gasteiger partial charge in [0, 0.05) is 25.9 Å². The summed E-state index contributed by atoms with van der Waals surface area (Å²) in [4.78, 5) is 6.93. The summed E-state index contributed by atoms with van der Waals surface area (Å²) in [6.07, 6.45) is 3.72. The quantitative estimate of drug-likeness (QED) is 0.239. The van der Waals surface area contributed by atoms with Crippen molar-refractivity contribution in [2.24, 2.45) is 16.8 Å². The lowest BCUT2D eigenvalue weighted by atomic mass is 9.97. The van der Waals surface area contributed by atoms with Gasteiger partial charge in [0.05, 0.1) is 25.5 Å². The molecule has 1 aliphatic heterocycles. The fourth-order valence-electron chi connectivity index (χ4n) is 2.84. The molecule has 1 saturated heterocycles. The molecule has 1 aliphatic rings. The minimum Gasteiger partial charge on any atom is -0.378 e. The summed E-state index contributed by atoms with van der Waals surface area (Å²) in [6.45, 7) is 10.8. The lowest BCUT2D eigenvalue weighted by molar-refractivity contribution is 0.157. The number of hydrogen-bond acceptors (Lipinski definition) is 4. The smallest absolute Gasteiger partial charge is 0.194 e. The van der Waals surface area contributed by atoms with Crippen LogP contribution in [0.4, 0.5) is 0 Å². The van der Waals surface area contributed by atoms with Gasteiger partial charge in [-0.05, 0) is 31.6 Å². The SMILES string of the molecule is CCNC(=NCCOCCS(C)(=O)=O)N1CCC(CC(C)C)C1.I. The second kappa shape index (κ2) is 12.3. The van der Waals surface area contributed by atoms with E-state index in [0.29, 0.717) is 13.2 Å². The molecule has 0 amide bonds. The van der Waals surface area contributed by atoms with E-state index in [1.165, 1.54) is 19.1 Å². The van der Waals surface area contributed by atoms with Crippen LogP contribution in [0.2, 0.25) is 0 Å². The van der Waals surface area contributed by atoms with E-state index in [1.54, 1.807) is 0 Å². The molecule has 8 heteroatoms. The van der Waals surface area contributed by atoms with Crippen molar-refractivity contribution >= 4 is 39.8 Å². The maximum absolute atomic E-state index is 11.0. The Labute approximate surface area is 164 Å². The van der Waals surface area contributed by atoms with Crippen molar-refractivity contribution in [1.82, 2.24) is 10.2 Å². The van der Waals surface area contributed by atoms with Gasteiger partial charge in [0.25, 0.3) is 0 Å². The molecule has 144 valence electrons. The third kappa shape index (κ3) is 10.7. The van der Waals surface area contributed by atoms with E-state index < -0.39 is 9.84 Å². The Morgan fingerprint density at radius 2 is 2.08 bits per heavy atom. The molecule has 24 heavy (non-hydrogen) atoms. The van der Waals surface area contributed by atoms with E-state index in [9.17, 15) is 8.42 Å². The molecule has 0 bridgehead atoms. The zero-order valence-electron chi connectivity index (χ0n) is 15.5. The van der Waals surface area contributed by atoms with Crippen LogP contribution in [0.5, 0.6) is 0 Å². The monoisotopic (exact) mass is 475 g/mol. The van der Waals surface area contributed by atoms with Crippen LogP contribution in [-0.4, -0.2) is 70.7 Å². The number of likely N-dealkylation sites (tertiary alicyclic amines) is 1. The first-order valence-electron chi connectivity index (χ1n) is 8.60. The highest BCUT2D eigenvalue weighted by molar-refractivity contribution is 14.0. The number of rotatable bonds is 9. The van der Waals surface area contributed by atoms with Crippen LogP contribution in [-0.2, 0) is 14.6 Å². The van der Waals surface area contributed by atoms with Gasteiger partial charge in [-0.2, -0.15) is 0 Å². The van der Waals surface area contributed by atoms with Gasteiger partial charge in [-0.15, -0.1) is 24.0 Å². The molecular formula is C16H34IN3O3S. The average Bonchev–Trinajstić information content (AvgIpc) is 2.87. The Bertz CT molecular complexity index is 469. The van der Waals surface area contributed by atoms with Gasteiger partial charge in [-0.25, -0.2) is 8.42 Å². The third-order valence-corrected chi connectivity index (χ3v) is 4.73. The molecule has 1 heterocycles. The average molecular weight is 475 g/mol. The summed E-state index contributed by atoms with van der Waals surface area (Å²) >= 11 is 0. The summed E-state index contributed by atoms with van der Waals surface area (Å²) in [5.74, 6) is 2.51. The molecule has 1 rings (SSSR count). The molecule has 1 atom stereocenters. The van der Waals surface area contributed by atoms with E-state index in [2.05, 4.69) is 36.0 Å². The summed E-state index contributed by atoms with van der Waals surface area (Å²) in [5.41, 5.74) is 0. The van der Waals surface area contributed by atoms with E-state index >= 15 is 0 Å². The van der Waals surface area contributed by atoms with Gasteiger partial charge in [-0.3, -0.25) is 4.99 Å². The number of ether oxygens (including phenoxy) is 1. The van der Waals surface area contributed by atoms with Crippen molar-refractivity contribution in [2.45, 2.75) is 33.6 Å². The normalized spacial score (nSPS) is 18.8. The molecule has 0 aromatic heterocycles. The Morgan fingerprint density at radius 3 is 2.67 bits per heavy atom. The van der Waals surface area contributed by atoms with Crippen LogP contribution in [0.25, 0.3) is 0 Å². The molecule has 0 saturated carbocycles. The standard InChI is InChI=1S/C16H33N3O3S.HI/c1-5-17-16(18-7-9-22-10-11-23(4,20)21)19-8-6-15(13-19)12-14(2)3;/h14-15H,5-13H2,1-4H3,(H,17,18);1H. The van der Waals surface area contributed by atoms with Gasteiger partial charge < -0.3 is 15.0 Å². The van der Waals surface area contributed by atoms with Gasteiger partial charge in [-0.1, -0.05) is 13.8 Å². The molecule has 0 spiro atoms. The molecule has 0 aromatic rings.